The lowest BCUT2D eigenvalue weighted by Crippen LogP contribution is -2.17. The summed E-state index contributed by atoms with van der Waals surface area (Å²) in [6.07, 6.45) is 5.70. The molecule has 3 heterocycles. The molecule has 0 fully saturated rings. The van der Waals surface area contributed by atoms with Gasteiger partial charge in [0, 0.05) is 23.0 Å². The molecule has 0 aromatic carbocycles. The molecular weight excluding hydrogens is 296 g/mol. The molecule has 0 unspecified atom stereocenters. The summed E-state index contributed by atoms with van der Waals surface area (Å²) in [5.41, 5.74) is 2.19. The lowest BCUT2D eigenvalue weighted by atomic mass is 10.2. The van der Waals surface area contributed by atoms with Gasteiger partial charge in [-0.05, 0) is 38.5 Å². The summed E-state index contributed by atoms with van der Waals surface area (Å²) in [5, 5.41) is 5.10. The zero-order valence-corrected chi connectivity index (χ0v) is 13.7. The fourth-order valence-electron chi connectivity index (χ4n) is 2.41. The van der Waals surface area contributed by atoms with E-state index < -0.39 is 0 Å². The van der Waals surface area contributed by atoms with E-state index in [2.05, 4.69) is 17.0 Å². The number of rotatable bonds is 4. The molecule has 0 atom stereocenters. The average molecular weight is 314 g/mol. The molecule has 0 spiro atoms. The highest BCUT2D eigenvalue weighted by atomic mass is 32.1. The van der Waals surface area contributed by atoms with Gasteiger partial charge < -0.3 is 4.57 Å². The Labute approximate surface area is 133 Å². The van der Waals surface area contributed by atoms with Gasteiger partial charge in [-0.1, -0.05) is 13.3 Å². The topological polar surface area (TPSA) is 52.7 Å². The van der Waals surface area contributed by atoms with Crippen LogP contribution in [-0.2, 0) is 6.42 Å². The van der Waals surface area contributed by atoms with Gasteiger partial charge in [-0.15, -0.1) is 11.3 Å². The van der Waals surface area contributed by atoms with Crippen LogP contribution >= 0.6 is 11.3 Å². The maximum absolute atomic E-state index is 12.8. The maximum atomic E-state index is 12.8. The third-order valence-electron chi connectivity index (χ3n) is 3.39. The third kappa shape index (κ3) is 2.62. The van der Waals surface area contributed by atoms with Crippen LogP contribution in [-0.4, -0.2) is 25.2 Å². The van der Waals surface area contributed by atoms with Crippen molar-refractivity contribution in [1.29, 1.82) is 0 Å². The molecule has 0 radical (unpaired) electrons. The Morgan fingerprint density at radius 3 is 2.59 bits per heavy atom. The van der Waals surface area contributed by atoms with Gasteiger partial charge >= 0.3 is 0 Å². The Hall–Kier alpha value is -2.21. The van der Waals surface area contributed by atoms with Crippen molar-refractivity contribution in [3.63, 3.8) is 0 Å². The van der Waals surface area contributed by atoms with Crippen molar-refractivity contribution >= 4 is 17.2 Å². The monoisotopic (exact) mass is 314 g/mol. The Morgan fingerprint density at radius 1 is 1.27 bits per heavy atom. The van der Waals surface area contributed by atoms with E-state index in [9.17, 15) is 4.79 Å². The number of hydrogen-bond donors (Lipinski definition) is 0. The van der Waals surface area contributed by atoms with Crippen LogP contribution in [0.25, 0.3) is 5.13 Å². The standard InChI is InChI=1S/C16H18N4OS/c1-4-7-13-14(15(21)20-12(3)10-11(2)18-20)17-16(22-13)19-8-5-6-9-19/h5-6,8-10H,4,7H2,1-3H3. The lowest BCUT2D eigenvalue weighted by Gasteiger charge is -2.02. The van der Waals surface area contributed by atoms with E-state index in [-0.39, 0.29) is 5.91 Å². The van der Waals surface area contributed by atoms with Crippen molar-refractivity contribution < 1.29 is 4.79 Å². The lowest BCUT2D eigenvalue weighted by molar-refractivity contribution is 0.0937. The zero-order valence-electron chi connectivity index (χ0n) is 12.9. The summed E-state index contributed by atoms with van der Waals surface area (Å²) in [6, 6.07) is 5.80. The Bertz CT molecular complexity index is 798. The van der Waals surface area contributed by atoms with Crippen LogP contribution in [0.5, 0.6) is 0 Å². The second-order valence-electron chi connectivity index (χ2n) is 5.25. The van der Waals surface area contributed by atoms with Gasteiger partial charge in [0.05, 0.1) is 5.69 Å². The molecule has 0 aliphatic carbocycles. The minimum absolute atomic E-state index is 0.149. The number of aryl methyl sites for hydroxylation is 3. The quantitative estimate of drug-likeness (QED) is 0.742. The summed E-state index contributed by atoms with van der Waals surface area (Å²) < 4.78 is 3.38. The van der Waals surface area contributed by atoms with Gasteiger partial charge in [0.25, 0.3) is 5.91 Å². The zero-order chi connectivity index (χ0) is 15.7. The summed E-state index contributed by atoms with van der Waals surface area (Å²) in [7, 11) is 0. The average Bonchev–Trinajstić information content (AvgIpc) is 3.18. The van der Waals surface area contributed by atoms with Gasteiger partial charge in [-0.2, -0.15) is 9.78 Å². The Kier molecular flexibility index (Phi) is 3.94. The minimum Gasteiger partial charge on any atom is -0.300 e. The van der Waals surface area contributed by atoms with Crippen LogP contribution in [0.4, 0.5) is 0 Å². The van der Waals surface area contributed by atoms with Gasteiger partial charge in [-0.25, -0.2) is 4.98 Å². The van der Waals surface area contributed by atoms with E-state index in [1.807, 2.05) is 49.0 Å². The van der Waals surface area contributed by atoms with Crippen LogP contribution in [0, 0.1) is 13.8 Å². The van der Waals surface area contributed by atoms with Crippen LogP contribution in [0.15, 0.2) is 30.6 Å². The van der Waals surface area contributed by atoms with Crippen molar-refractivity contribution in [2.24, 2.45) is 0 Å². The predicted octanol–water partition coefficient (Wildman–Crippen LogP) is 3.39. The van der Waals surface area contributed by atoms with Gasteiger partial charge in [0.1, 0.15) is 5.69 Å². The Morgan fingerprint density at radius 2 is 2.00 bits per heavy atom. The van der Waals surface area contributed by atoms with Crippen molar-refractivity contribution in [1.82, 2.24) is 19.3 Å². The first-order valence-corrected chi connectivity index (χ1v) is 8.12. The second kappa shape index (κ2) is 5.88. The molecule has 6 heteroatoms. The molecule has 22 heavy (non-hydrogen) atoms. The van der Waals surface area contributed by atoms with Crippen molar-refractivity contribution in [3.05, 3.63) is 52.6 Å². The highest BCUT2D eigenvalue weighted by Crippen LogP contribution is 2.24. The first-order valence-electron chi connectivity index (χ1n) is 7.31. The van der Waals surface area contributed by atoms with E-state index in [1.54, 1.807) is 11.3 Å². The van der Waals surface area contributed by atoms with E-state index in [4.69, 9.17) is 0 Å². The molecule has 3 aromatic rings. The van der Waals surface area contributed by atoms with E-state index in [0.717, 1.165) is 34.2 Å². The number of hydrogen-bond acceptors (Lipinski definition) is 4. The molecule has 0 amide bonds. The van der Waals surface area contributed by atoms with Gasteiger partial charge in [-0.3, -0.25) is 4.79 Å². The molecule has 0 aliphatic heterocycles. The van der Waals surface area contributed by atoms with Crippen LogP contribution in [0.3, 0.4) is 0 Å². The van der Waals surface area contributed by atoms with Crippen LogP contribution in [0.2, 0.25) is 0 Å². The van der Waals surface area contributed by atoms with Crippen LogP contribution < -0.4 is 0 Å². The van der Waals surface area contributed by atoms with Gasteiger partial charge in [0.2, 0.25) is 0 Å². The third-order valence-corrected chi connectivity index (χ3v) is 4.52. The van der Waals surface area contributed by atoms with Crippen molar-refractivity contribution in [2.45, 2.75) is 33.6 Å². The molecule has 114 valence electrons. The molecule has 0 saturated heterocycles. The molecule has 5 nitrogen and oxygen atoms in total. The van der Waals surface area contributed by atoms with Gasteiger partial charge in [0.15, 0.2) is 5.13 Å². The fraction of sp³-hybridized carbons (Fsp3) is 0.312. The van der Waals surface area contributed by atoms with Crippen molar-refractivity contribution in [2.75, 3.05) is 0 Å². The summed E-state index contributed by atoms with van der Waals surface area (Å²) >= 11 is 1.57. The van der Waals surface area contributed by atoms with Crippen LogP contribution in [0.1, 0.15) is 40.1 Å². The van der Waals surface area contributed by atoms with E-state index >= 15 is 0 Å². The summed E-state index contributed by atoms with van der Waals surface area (Å²) in [5.74, 6) is -0.149. The summed E-state index contributed by atoms with van der Waals surface area (Å²) in [4.78, 5) is 18.4. The number of aromatic nitrogens is 4. The maximum Gasteiger partial charge on any atom is 0.298 e. The normalized spacial score (nSPS) is 11.0. The highest BCUT2D eigenvalue weighted by molar-refractivity contribution is 7.14. The van der Waals surface area contributed by atoms with Crippen molar-refractivity contribution in [3.8, 4) is 5.13 Å². The molecule has 3 rings (SSSR count). The molecule has 0 aliphatic rings. The Balaban J connectivity index is 2.05. The number of nitrogens with zero attached hydrogens (tertiary/aromatic N) is 4. The largest absolute Gasteiger partial charge is 0.300 e. The smallest absolute Gasteiger partial charge is 0.298 e. The molecule has 0 bridgehead atoms. The highest BCUT2D eigenvalue weighted by Gasteiger charge is 2.21. The molecule has 0 saturated carbocycles. The SMILES string of the molecule is CCCc1sc(-n2cccc2)nc1C(=O)n1nc(C)cc1C. The second-order valence-corrected chi connectivity index (χ2v) is 6.31. The minimum atomic E-state index is -0.149. The predicted molar refractivity (Wildman–Crippen MR) is 86.9 cm³/mol. The molecule has 3 aromatic heterocycles. The number of thiazole rings is 1. The first kappa shape index (κ1) is 14.7. The molecular formula is C16H18N4OS. The number of carbonyl (C=O) groups excluding carboxylic acids is 1. The first-order chi connectivity index (χ1) is 10.6. The number of carbonyl (C=O) groups is 1. The van der Waals surface area contributed by atoms with E-state index in [1.165, 1.54) is 4.68 Å². The fourth-order valence-corrected chi connectivity index (χ4v) is 3.53. The summed E-state index contributed by atoms with van der Waals surface area (Å²) in [6.45, 7) is 5.87. The molecule has 0 N–H and O–H groups in total. The van der Waals surface area contributed by atoms with E-state index in [0.29, 0.717) is 5.69 Å².